The van der Waals surface area contributed by atoms with Crippen molar-refractivity contribution in [3.05, 3.63) is 71.4 Å². The Morgan fingerprint density at radius 1 is 0.963 bits per heavy atom. The van der Waals surface area contributed by atoms with Gasteiger partial charge in [0.1, 0.15) is 11.4 Å². The molecule has 6 heteroatoms. The Balaban J connectivity index is 1.65. The van der Waals surface area contributed by atoms with Gasteiger partial charge >= 0.3 is 0 Å². The summed E-state index contributed by atoms with van der Waals surface area (Å²) in [5.74, 6) is 0.392. The number of fused-ring (bicyclic) bond motifs is 1. The molecule has 138 valence electrons. The Labute approximate surface area is 157 Å². The average Bonchev–Trinajstić information content (AvgIpc) is 2.71. The van der Waals surface area contributed by atoms with Crippen molar-refractivity contribution in [1.82, 2.24) is 15.6 Å². The van der Waals surface area contributed by atoms with Crippen LogP contribution >= 0.6 is 0 Å². The smallest absolute Gasteiger partial charge is 0.270 e. The highest BCUT2D eigenvalue weighted by Gasteiger charge is 2.09. The molecular formula is C21H21N3O3. The molecule has 3 rings (SSSR count). The van der Waals surface area contributed by atoms with E-state index in [0.717, 1.165) is 22.2 Å². The lowest BCUT2D eigenvalue weighted by molar-refractivity contribution is 0.0940. The molecule has 0 aliphatic heterocycles. The topological polar surface area (TPSA) is 80.3 Å². The van der Waals surface area contributed by atoms with Crippen LogP contribution < -0.4 is 15.4 Å². The molecule has 3 aromatic rings. The predicted octanol–water partition coefficient (Wildman–Crippen LogP) is 2.92. The number of benzene rings is 2. The number of nitrogens with zero attached hydrogens (tertiary/aromatic N) is 1. The molecule has 1 aromatic heterocycles. The number of aromatic nitrogens is 1. The van der Waals surface area contributed by atoms with Crippen molar-refractivity contribution in [2.45, 2.75) is 13.5 Å². The Kier molecular flexibility index (Phi) is 5.66. The molecule has 2 aromatic carbocycles. The summed E-state index contributed by atoms with van der Waals surface area (Å²) in [6.45, 7) is 2.82. The lowest BCUT2D eigenvalue weighted by Crippen LogP contribution is -2.24. The van der Waals surface area contributed by atoms with Crippen LogP contribution in [0.1, 0.15) is 33.3 Å². The summed E-state index contributed by atoms with van der Waals surface area (Å²) in [5, 5.41) is 6.51. The second-order valence-corrected chi connectivity index (χ2v) is 5.99. The number of hydrogen-bond donors (Lipinski definition) is 2. The molecule has 6 nitrogen and oxygen atoms in total. The van der Waals surface area contributed by atoms with Crippen molar-refractivity contribution in [2.24, 2.45) is 0 Å². The fraction of sp³-hybridized carbons (Fsp3) is 0.190. The number of hydrogen-bond acceptors (Lipinski definition) is 4. The third-order valence-electron chi connectivity index (χ3n) is 4.14. The van der Waals surface area contributed by atoms with Gasteiger partial charge in [-0.05, 0) is 48.9 Å². The number of rotatable bonds is 6. The molecule has 0 aliphatic rings. The molecule has 2 N–H and O–H groups in total. The van der Waals surface area contributed by atoms with E-state index in [1.54, 1.807) is 25.3 Å². The van der Waals surface area contributed by atoms with Gasteiger partial charge in [-0.3, -0.25) is 9.59 Å². The monoisotopic (exact) mass is 363 g/mol. The summed E-state index contributed by atoms with van der Waals surface area (Å²) in [7, 11) is 1.61. The standard InChI is InChI=1S/C21H21N3O3/c1-3-22-20(25)15-6-4-14(5-7-15)13-23-21(26)19-10-8-16-12-17(27-2)9-11-18(16)24-19/h4-12H,3,13H2,1-2H3,(H,22,25)(H,23,26). The van der Waals surface area contributed by atoms with Crippen LogP contribution in [0.25, 0.3) is 10.9 Å². The maximum atomic E-state index is 12.4. The SMILES string of the molecule is CCNC(=O)c1ccc(CNC(=O)c2ccc3cc(OC)ccc3n2)cc1. The Morgan fingerprint density at radius 2 is 1.74 bits per heavy atom. The third kappa shape index (κ3) is 4.41. The van der Waals surface area contributed by atoms with E-state index in [4.69, 9.17) is 4.74 Å². The molecule has 1 heterocycles. The van der Waals surface area contributed by atoms with Crippen LogP contribution in [0.15, 0.2) is 54.6 Å². The number of ether oxygens (including phenoxy) is 1. The van der Waals surface area contributed by atoms with Crippen molar-refractivity contribution in [1.29, 1.82) is 0 Å². The third-order valence-corrected chi connectivity index (χ3v) is 4.14. The minimum Gasteiger partial charge on any atom is -0.497 e. The highest BCUT2D eigenvalue weighted by Crippen LogP contribution is 2.19. The Morgan fingerprint density at radius 3 is 2.44 bits per heavy atom. The van der Waals surface area contributed by atoms with Crippen LogP contribution in [-0.2, 0) is 6.54 Å². The number of carbonyl (C=O) groups is 2. The van der Waals surface area contributed by atoms with Crippen molar-refractivity contribution in [3.63, 3.8) is 0 Å². The zero-order chi connectivity index (χ0) is 19.2. The first-order valence-corrected chi connectivity index (χ1v) is 8.71. The van der Waals surface area contributed by atoms with Crippen LogP contribution in [-0.4, -0.2) is 30.5 Å². The van der Waals surface area contributed by atoms with Gasteiger partial charge in [0.2, 0.25) is 0 Å². The van der Waals surface area contributed by atoms with Gasteiger partial charge in [-0.2, -0.15) is 0 Å². The molecule has 0 unspecified atom stereocenters. The summed E-state index contributed by atoms with van der Waals surface area (Å²) >= 11 is 0. The van der Waals surface area contributed by atoms with Gasteiger partial charge in [-0.1, -0.05) is 18.2 Å². The molecule has 0 spiro atoms. The number of pyridine rings is 1. The van der Waals surface area contributed by atoms with E-state index in [9.17, 15) is 9.59 Å². The largest absolute Gasteiger partial charge is 0.497 e. The maximum Gasteiger partial charge on any atom is 0.270 e. The first kappa shape index (κ1) is 18.4. The molecule has 0 aliphatic carbocycles. The van der Waals surface area contributed by atoms with E-state index in [1.807, 2.05) is 43.3 Å². The molecule has 2 amide bonds. The summed E-state index contributed by atoms with van der Waals surface area (Å²) in [6.07, 6.45) is 0. The minimum atomic E-state index is -0.250. The fourth-order valence-electron chi connectivity index (χ4n) is 2.67. The molecule has 0 radical (unpaired) electrons. The van der Waals surface area contributed by atoms with Crippen LogP contribution in [0.2, 0.25) is 0 Å². The van der Waals surface area contributed by atoms with Gasteiger partial charge in [-0.25, -0.2) is 4.98 Å². The first-order chi connectivity index (χ1) is 13.1. The Hall–Kier alpha value is -3.41. The first-order valence-electron chi connectivity index (χ1n) is 8.71. The van der Waals surface area contributed by atoms with Gasteiger partial charge in [0.25, 0.3) is 11.8 Å². The lowest BCUT2D eigenvalue weighted by atomic mass is 10.1. The van der Waals surface area contributed by atoms with Crippen molar-refractivity contribution in [2.75, 3.05) is 13.7 Å². The fourth-order valence-corrected chi connectivity index (χ4v) is 2.67. The number of methoxy groups -OCH3 is 1. The zero-order valence-corrected chi connectivity index (χ0v) is 15.3. The second-order valence-electron chi connectivity index (χ2n) is 5.99. The van der Waals surface area contributed by atoms with Gasteiger partial charge in [0.05, 0.1) is 12.6 Å². The lowest BCUT2D eigenvalue weighted by Gasteiger charge is -2.08. The van der Waals surface area contributed by atoms with Gasteiger partial charge < -0.3 is 15.4 Å². The highest BCUT2D eigenvalue weighted by molar-refractivity contribution is 5.95. The van der Waals surface area contributed by atoms with Crippen molar-refractivity contribution in [3.8, 4) is 5.75 Å². The van der Waals surface area contributed by atoms with E-state index in [2.05, 4.69) is 15.6 Å². The summed E-state index contributed by atoms with van der Waals surface area (Å²) in [5.41, 5.74) is 2.59. The number of amides is 2. The summed E-state index contributed by atoms with van der Waals surface area (Å²) in [4.78, 5) is 28.5. The van der Waals surface area contributed by atoms with E-state index >= 15 is 0 Å². The molecule has 0 fully saturated rings. The van der Waals surface area contributed by atoms with Crippen molar-refractivity contribution < 1.29 is 14.3 Å². The molecule has 0 atom stereocenters. The molecule has 27 heavy (non-hydrogen) atoms. The van der Waals surface area contributed by atoms with Crippen LogP contribution in [0.3, 0.4) is 0 Å². The summed E-state index contributed by atoms with van der Waals surface area (Å²) < 4.78 is 5.19. The molecule has 0 bridgehead atoms. The highest BCUT2D eigenvalue weighted by atomic mass is 16.5. The van der Waals surface area contributed by atoms with Crippen LogP contribution in [0.5, 0.6) is 5.75 Å². The van der Waals surface area contributed by atoms with Gasteiger partial charge in [-0.15, -0.1) is 0 Å². The number of nitrogens with one attached hydrogen (secondary N) is 2. The molecular weight excluding hydrogens is 342 g/mol. The van der Waals surface area contributed by atoms with Gasteiger partial charge in [0.15, 0.2) is 0 Å². The van der Waals surface area contributed by atoms with Crippen LogP contribution in [0, 0.1) is 0 Å². The van der Waals surface area contributed by atoms with E-state index in [-0.39, 0.29) is 11.8 Å². The van der Waals surface area contributed by atoms with Crippen LogP contribution in [0.4, 0.5) is 0 Å². The normalized spacial score (nSPS) is 10.4. The quantitative estimate of drug-likeness (QED) is 0.706. The predicted molar refractivity (Wildman–Crippen MR) is 104 cm³/mol. The van der Waals surface area contributed by atoms with E-state index in [1.165, 1.54) is 0 Å². The van der Waals surface area contributed by atoms with E-state index in [0.29, 0.717) is 24.3 Å². The number of carbonyl (C=O) groups excluding carboxylic acids is 2. The molecule has 0 saturated carbocycles. The van der Waals surface area contributed by atoms with Gasteiger partial charge in [0, 0.05) is 24.0 Å². The van der Waals surface area contributed by atoms with E-state index < -0.39 is 0 Å². The Bertz CT molecular complexity index is 968. The average molecular weight is 363 g/mol. The van der Waals surface area contributed by atoms with Crippen molar-refractivity contribution >= 4 is 22.7 Å². The molecule has 0 saturated heterocycles. The maximum absolute atomic E-state index is 12.4. The minimum absolute atomic E-state index is 0.106. The zero-order valence-electron chi connectivity index (χ0n) is 15.3. The second kappa shape index (κ2) is 8.31. The summed E-state index contributed by atoms with van der Waals surface area (Å²) in [6, 6.07) is 16.2.